The largest absolute Gasteiger partial charge is 3.00 e. The Morgan fingerprint density at radius 3 is 0.806 bits per heavy atom. The average molecular weight is 597 g/mol. The standard InChI is InChI=1S/3C8H17N2.Yb/c3*1-4-7-10(6-3)8-9-5-2;/h3*4-7H2,1-3H3;/q3*-1;+3. The Labute approximate surface area is 234 Å². The van der Waals surface area contributed by atoms with Gasteiger partial charge in [0.1, 0.15) is 0 Å². The molecular formula is C24H51N6Yb. The zero-order valence-electron chi connectivity index (χ0n) is 21.9. The van der Waals surface area contributed by atoms with Crippen LogP contribution in [0.3, 0.4) is 0 Å². The Bertz CT molecular complexity index is 331. The van der Waals surface area contributed by atoms with Gasteiger partial charge in [0.2, 0.25) is 0 Å². The number of hydrogen-bond donors (Lipinski definition) is 0. The molecule has 0 unspecified atom stereocenters. The second kappa shape index (κ2) is 34.5. The smallest absolute Gasteiger partial charge is 0.538 e. The van der Waals surface area contributed by atoms with Crippen LogP contribution in [0, 0.1) is 46.9 Å². The van der Waals surface area contributed by atoms with Gasteiger partial charge < -0.3 is 29.7 Å². The van der Waals surface area contributed by atoms with Crippen LogP contribution in [0.25, 0.3) is 0 Å². The molecule has 0 spiro atoms. The van der Waals surface area contributed by atoms with Crippen molar-refractivity contribution in [3.8, 4) is 0 Å². The summed E-state index contributed by atoms with van der Waals surface area (Å²) in [5.41, 5.74) is 0. The minimum Gasteiger partial charge on any atom is -0.538 e. The van der Waals surface area contributed by atoms with Gasteiger partial charge >= 0.3 is 46.9 Å². The molecule has 0 heterocycles. The molecule has 0 rings (SSSR count). The molecule has 0 saturated carbocycles. The van der Waals surface area contributed by atoms with Gasteiger partial charge in [-0.3, -0.25) is 19.0 Å². The van der Waals surface area contributed by atoms with E-state index < -0.39 is 0 Å². The first kappa shape index (κ1) is 38.2. The van der Waals surface area contributed by atoms with E-state index in [-0.39, 0.29) is 46.9 Å². The summed E-state index contributed by atoms with van der Waals surface area (Å²) in [5, 5.41) is 0. The van der Waals surface area contributed by atoms with Gasteiger partial charge in [0.25, 0.3) is 0 Å². The Kier molecular flexibility index (Phi) is 42.6. The van der Waals surface area contributed by atoms with Gasteiger partial charge in [-0.2, -0.15) is 0 Å². The summed E-state index contributed by atoms with van der Waals surface area (Å²) in [6.45, 7) is 27.7. The van der Waals surface area contributed by atoms with Gasteiger partial charge in [0, 0.05) is 0 Å². The van der Waals surface area contributed by atoms with Gasteiger partial charge in [0.15, 0.2) is 0 Å². The molecule has 0 saturated heterocycles. The predicted molar refractivity (Wildman–Crippen MR) is 137 cm³/mol. The van der Waals surface area contributed by atoms with Crippen LogP contribution in [0.15, 0.2) is 15.0 Å². The molecule has 0 aromatic rings. The van der Waals surface area contributed by atoms with E-state index in [1.807, 2.05) is 20.8 Å². The average Bonchev–Trinajstić information content (AvgIpc) is 2.77. The van der Waals surface area contributed by atoms with Crippen LogP contribution in [0.2, 0.25) is 0 Å². The van der Waals surface area contributed by atoms with Crippen molar-refractivity contribution in [1.29, 1.82) is 0 Å². The van der Waals surface area contributed by atoms with Gasteiger partial charge in [-0.05, 0) is 98.9 Å². The van der Waals surface area contributed by atoms with Gasteiger partial charge in [0.05, 0.1) is 0 Å². The van der Waals surface area contributed by atoms with Crippen molar-refractivity contribution < 1.29 is 46.9 Å². The fourth-order valence-corrected chi connectivity index (χ4v) is 2.16. The Balaban J connectivity index is -0.000000174. The quantitative estimate of drug-likeness (QED) is 0.117. The van der Waals surface area contributed by atoms with E-state index in [9.17, 15) is 0 Å². The summed E-state index contributed by atoms with van der Waals surface area (Å²) in [6.07, 6.45) is 12.4. The van der Waals surface area contributed by atoms with Gasteiger partial charge in [-0.1, -0.05) is 41.5 Å². The van der Waals surface area contributed by atoms with Crippen molar-refractivity contribution in [3.05, 3.63) is 0 Å². The molecule has 31 heavy (non-hydrogen) atoms. The number of nitrogens with zero attached hydrogens (tertiary/aromatic N) is 6. The number of hydrogen-bond acceptors (Lipinski definition) is 3. The molecule has 7 heteroatoms. The molecule has 0 aliphatic rings. The van der Waals surface area contributed by atoms with E-state index in [4.69, 9.17) is 0 Å². The zero-order chi connectivity index (χ0) is 23.5. The Morgan fingerprint density at radius 1 is 0.452 bits per heavy atom. The summed E-state index contributed by atoms with van der Waals surface area (Å²) in [5.74, 6) is 0. The Hall–Kier alpha value is -0.0705. The van der Waals surface area contributed by atoms with E-state index >= 15 is 0 Å². The Morgan fingerprint density at radius 2 is 0.677 bits per heavy atom. The van der Waals surface area contributed by atoms with Crippen molar-refractivity contribution in [3.63, 3.8) is 0 Å². The topological polar surface area (TPSA) is 46.8 Å². The van der Waals surface area contributed by atoms with Gasteiger partial charge in [-0.15, -0.1) is 0 Å². The summed E-state index contributed by atoms with van der Waals surface area (Å²) in [7, 11) is 0. The van der Waals surface area contributed by atoms with Crippen LogP contribution in [0.4, 0.5) is 0 Å². The van der Waals surface area contributed by atoms with Gasteiger partial charge in [-0.25, -0.2) is 0 Å². The molecule has 1 radical (unpaired) electrons. The van der Waals surface area contributed by atoms with Crippen molar-refractivity contribution in [2.75, 3.05) is 58.9 Å². The van der Waals surface area contributed by atoms with Crippen molar-refractivity contribution in [2.24, 2.45) is 15.0 Å². The van der Waals surface area contributed by atoms with E-state index in [0.29, 0.717) is 0 Å². The molecule has 0 amide bonds. The number of rotatable bonds is 15. The minimum atomic E-state index is 0. The van der Waals surface area contributed by atoms with Crippen LogP contribution in [0.5, 0.6) is 0 Å². The summed E-state index contributed by atoms with van der Waals surface area (Å²) in [4.78, 5) is 18.4. The van der Waals surface area contributed by atoms with Crippen LogP contribution in [0.1, 0.15) is 81.6 Å². The molecule has 0 fully saturated rings. The second-order valence-corrected chi connectivity index (χ2v) is 6.46. The number of aliphatic imine (C=N–C) groups is 3. The molecule has 191 valence electrons. The first-order chi connectivity index (χ1) is 14.5. The first-order valence-corrected chi connectivity index (χ1v) is 12.1. The van der Waals surface area contributed by atoms with Crippen LogP contribution in [-0.4, -0.2) is 92.6 Å². The maximum atomic E-state index is 4.04. The van der Waals surface area contributed by atoms with E-state index in [1.165, 1.54) is 19.3 Å². The SMILES string of the molecule is CCCN([C-]=NCC)CC.CCCN([C-]=NCC)CC.CCCN([C-]=NCC)CC.[Yb+3]. The third-order valence-electron chi connectivity index (χ3n) is 3.74. The summed E-state index contributed by atoms with van der Waals surface area (Å²) >= 11 is 0. The van der Waals surface area contributed by atoms with Crippen molar-refractivity contribution >= 4 is 19.0 Å². The van der Waals surface area contributed by atoms with Crippen molar-refractivity contribution in [2.45, 2.75) is 81.6 Å². The molecule has 0 bridgehead atoms. The summed E-state index contributed by atoms with van der Waals surface area (Å²) in [6, 6.07) is 0. The molecule has 0 atom stereocenters. The first-order valence-electron chi connectivity index (χ1n) is 12.1. The molecule has 0 N–H and O–H groups in total. The van der Waals surface area contributed by atoms with E-state index in [0.717, 1.165) is 58.9 Å². The molecular weight excluding hydrogens is 545 g/mol. The molecule has 6 nitrogen and oxygen atoms in total. The maximum absolute atomic E-state index is 4.04. The van der Waals surface area contributed by atoms with Crippen molar-refractivity contribution in [1.82, 2.24) is 14.7 Å². The zero-order valence-corrected chi connectivity index (χ0v) is 23.7. The summed E-state index contributed by atoms with van der Waals surface area (Å²) < 4.78 is 0. The van der Waals surface area contributed by atoms with Crippen LogP contribution >= 0.6 is 0 Å². The maximum Gasteiger partial charge on any atom is 3.00 e. The fourth-order valence-electron chi connectivity index (χ4n) is 2.16. The van der Waals surface area contributed by atoms with E-state index in [1.54, 1.807) is 0 Å². The third-order valence-corrected chi connectivity index (χ3v) is 3.74. The third kappa shape index (κ3) is 32.2. The predicted octanol–water partition coefficient (Wildman–Crippen LogP) is 4.93. The molecule has 0 aliphatic heterocycles. The van der Waals surface area contributed by atoms with Crippen LogP contribution < -0.4 is 0 Å². The van der Waals surface area contributed by atoms with Crippen LogP contribution in [-0.2, 0) is 0 Å². The minimum absolute atomic E-state index is 0. The monoisotopic (exact) mass is 597 g/mol. The molecule has 0 aromatic carbocycles. The molecule has 0 aromatic heterocycles. The normalized spacial score (nSPS) is 10.4. The molecule has 0 aliphatic carbocycles. The second-order valence-electron chi connectivity index (χ2n) is 6.46. The fraction of sp³-hybridized carbons (Fsp3) is 0.875. The van der Waals surface area contributed by atoms with E-state index in [2.05, 4.69) is 90.2 Å².